The number of ether oxygens (including phenoxy) is 1. The number of nitrogens with one attached hydrogen (secondary N) is 2. The molecule has 1 aromatic heterocycles. The van der Waals surface area contributed by atoms with Gasteiger partial charge in [0.15, 0.2) is 0 Å². The lowest BCUT2D eigenvalue weighted by molar-refractivity contribution is -0.115. The number of amides is 1. The third-order valence-corrected chi connectivity index (χ3v) is 3.27. The average molecular weight is 309 g/mol. The first-order valence-corrected chi connectivity index (χ1v) is 7.01. The number of hydrogen-bond donors (Lipinski definition) is 2. The molecule has 0 aliphatic rings. The lowest BCUT2D eigenvalue weighted by Crippen LogP contribution is -2.14. The van der Waals surface area contributed by atoms with Crippen molar-refractivity contribution in [3.8, 4) is 17.1 Å². The van der Waals surface area contributed by atoms with E-state index < -0.39 is 0 Å². The molecule has 0 bridgehead atoms. The van der Waals surface area contributed by atoms with Crippen molar-refractivity contribution in [2.24, 2.45) is 0 Å². The standard InChI is InChI=1S/C16H15N5O2/c1-23-14-7-5-11(6-8-14)9-15(22)17-13-4-2-3-12(10-13)16-18-20-21-19-16/h2-8,10H,9H2,1H3,(H,17,22)(H,18,19,20,21). The van der Waals surface area contributed by atoms with E-state index in [1.165, 1.54) is 0 Å². The molecule has 3 aromatic rings. The number of benzene rings is 2. The summed E-state index contributed by atoms with van der Waals surface area (Å²) < 4.78 is 5.10. The summed E-state index contributed by atoms with van der Waals surface area (Å²) in [5.41, 5.74) is 2.38. The quantitative estimate of drug-likeness (QED) is 0.752. The van der Waals surface area contributed by atoms with Gasteiger partial charge >= 0.3 is 0 Å². The summed E-state index contributed by atoms with van der Waals surface area (Å²) >= 11 is 0. The molecule has 7 nitrogen and oxygen atoms in total. The van der Waals surface area contributed by atoms with Crippen LogP contribution in [0, 0.1) is 0 Å². The number of nitrogens with zero attached hydrogens (tertiary/aromatic N) is 3. The van der Waals surface area contributed by atoms with Gasteiger partial charge in [0.25, 0.3) is 0 Å². The smallest absolute Gasteiger partial charge is 0.228 e. The van der Waals surface area contributed by atoms with Crippen molar-refractivity contribution in [2.45, 2.75) is 6.42 Å². The van der Waals surface area contributed by atoms with Crippen LogP contribution in [0.15, 0.2) is 48.5 Å². The van der Waals surface area contributed by atoms with Crippen molar-refractivity contribution in [3.05, 3.63) is 54.1 Å². The van der Waals surface area contributed by atoms with E-state index in [1.54, 1.807) is 13.2 Å². The van der Waals surface area contributed by atoms with E-state index in [1.807, 2.05) is 42.5 Å². The summed E-state index contributed by atoms with van der Waals surface area (Å²) in [6.45, 7) is 0. The van der Waals surface area contributed by atoms with E-state index in [2.05, 4.69) is 25.9 Å². The minimum Gasteiger partial charge on any atom is -0.497 e. The van der Waals surface area contributed by atoms with Gasteiger partial charge in [0, 0.05) is 11.3 Å². The van der Waals surface area contributed by atoms with Crippen molar-refractivity contribution in [2.75, 3.05) is 12.4 Å². The zero-order valence-corrected chi connectivity index (χ0v) is 12.5. The Balaban J connectivity index is 1.66. The van der Waals surface area contributed by atoms with Crippen molar-refractivity contribution < 1.29 is 9.53 Å². The third kappa shape index (κ3) is 3.70. The number of tetrazole rings is 1. The van der Waals surface area contributed by atoms with Gasteiger partial charge in [0.05, 0.1) is 13.5 Å². The highest BCUT2D eigenvalue weighted by atomic mass is 16.5. The monoisotopic (exact) mass is 309 g/mol. The second-order valence-electron chi connectivity index (χ2n) is 4.89. The van der Waals surface area contributed by atoms with Gasteiger partial charge in [-0.3, -0.25) is 4.79 Å². The van der Waals surface area contributed by atoms with Crippen LogP contribution in [0.5, 0.6) is 5.75 Å². The minimum atomic E-state index is -0.0968. The molecular formula is C16H15N5O2. The first-order chi connectivity index (χ1) is 11.2. The van der Waals surface area contributed by atoms with E-state index >= 15 is 0 Å². The van der Waals surface area contributed by atoms with Crippen LogP contribution >= 0.6 is 0 Å². The number of H-pyrrole nitrogens is 1. The fourth-order valence-electron chi connectivity index (χ4n) is 2.15. The SMILES string of the molecule is COc1ccc(CC(=O)Nc2cccc(-c3nn[nH]n3)c2)cc1. The number of rotatable bonds is 5. The van der Waals surface area contributed by atoms with Gasteiger partial charge in [-0.15, -0.1) is 10.2 Å². The van der Waals surface area contributed by atoms with Gasteiger partial charge < -0.3 is 10.1 Å². The highest BCUT2D eigenvalue weighted by Crippen LogP contribution is 2.18. The van der Waals surface area contributed by atoms with Crippen LogP contribution in [0.4, 0.5) is 5.69 Å². The maximum atomic E-state index is 12.1. The lowest BCUT2D eigenvalue weighted by atomic mass is 10.1. The maximum Gasteiger partial charge on any atom is 0.228 e. The molecule has 2 N–H and O–H groups in total. The second kappa shape index (κ2) is 6.69. The molecule has 0 saturated heterocycles. The highest BCUT2D eigenvalue weighted by molar-refractivity contribution is 5.92. The molecule has 2 aromatic carbocycles. The molecule has 1 heterocycles. The molecule has 7 heteroatoms. The van der Waals surface area contributed by atoms with Gasteiger partial charge in [0.1, 0.15) is 5.75 Å². The Kier molecular flexibility index (Phi) is 4.28. The largest absolute Gasteiger partial charge is 0.497 e. The van der Waals surface area contributed by atoms with Crippen LogP contribution in [0.3, 0.4) is 0 Å². The fourth-order valence-corrected chi connectivity index (χ4v) is 2.15. The summed E-state index contributed by atoms with van der Waals surface area (Å²) in [5.74, 6) is 1.15. The number of aromatic nitrogens is 4. The summed E-state index contributed by atoms with van der Waals surface area (Å²) in [4.78, 5) is 12.1. The maximum absolute atomic E-state index is 12.1. The third-order valence-electron chi connectivity index (χ3n) is 3.27. The minimum absolute atomic E-state index is 0.0968. The number of anilines is 1. The molecule has 3 rings (SSSR count). The first-order valence-electron chi connectivity index (χ1n) is 7.01. The Hall–Kier alpha value is -3.22. The summed E-state index contributed by atoms with van der Waals surface area (Å²) in [5, 5.41) is 16.6. The molecule has 1 amide bonds. The molecule has 0 spiro atoms. The fraction of sp³-hybridized carbons (Fsp3) is 0.125. The number of methoxy groups -OCH3 is 1. The van der Waals surface area contributed by atoms with Crippen LogP contribution in [0.2, 0.25) is 0 Å². The summed E-state index contributed by atoms with van der Waals surface area (Å²) in [7, 11) is 1.61. The van der Waals surface area contributed by atoms with Gasteiger partial charge in [-0.1, -0.05) is 24.3 Å². The molecule has 116 valence electrons. The molecule has 0 atom stereocenters. The van der Waals surface area contributed by atoms with Gasteiger partial charge in [-0.05, 0) is 35.0 Å². The van der Waals surface area contributed by atoms with E-state index in [-0.39, 0.29) is 12.3 Å². The van der Waals surface area contributed by atoms with E-state index in [9.17, 15) is 4.79 Å². The van der Waals surface area contributed by atoms with E-state index in [0.29, 0.717) is 11.5 Å². The topological polar surface area (TPSA) is 92.8 Å². The van der Waals surface area contributed by atoms with E-state index in [4.69, 9.17) is 4.74 Å². The molecule has 0 unspecified atom stereocenters. The molecule has 0 aliphatic heterocycles. The van der Waals surface area contributed by atoms with E-state index in [0.717, 1.165) is 16.9 Å². The van der Waals surface area contributed by atoms with Crippen LogP contribution in [0.1, 0.15) is 5.56 Å². The van der Waals surface area contributed by atoms with Crippen LogP contribution in [-0.2, 0) is 11.2 Å². The molecule has 0 aliphatic carbocycles. The Bertz CT molecular complexity index is 784. The molecular weight excluding hydrogens is 294 g/mol. The van der Waals surface area contributed by atoms with Crippen molar-refractivity contribution in [1.82, 2.24) is 20.6 Å². The van der Waals surface area contributed by atoms with Crippen molar-refractivity contribution >= 4 is 11.6 Å². The zero-order chi connectivity index (χ0) is 16.1. The average Bonchev–Trinajstić information content (AvgIpc) is 3.10. The Labute approximate surface area is 132 Å². The molecule has 0 fully saturated rings. The van der Waals surface area contributed by atoms with Crippen LogP contribution in [-0.4, -0.2) is 33.6 Å². The van der Waals surface area contributed by atoms with Gasteiger partial charge in [0.2, 0.25) is 11.7 Å². The highest BCUT2D eigenvalue weighted by Gasteiger charge is 2.07. The molecule has 0 radical (unpaired) electrons. The zero-order valence-electron chi connectivity index (χ0n) is 12.5. The summed E-state index contributed by atoms with van der Waals surface area (Å²) in [6, 6.07) is 14.7. The molecule has 23 heavy (non-hydrogen) atoms. The Morgan fingerprint density at radius 2 is 2.04 bits per heavy atom. The Morgan fingerprint density at radius 1 is 1.22 bits per heavy atom. The number of carbonyl (C=O) groups is 1. The van der Waals surface area contributed by atoms with Crippen LogP contribution in [0.25, 0.3) is 11.4 Å². The predicted octanol–water partition coefficient (Wildman–Crippen LogP) is 2.06. The Morgan fingerprint density at radius 3 is 2.74 bits per heavy atom. The number of hydrogen-bond acceptors (Lipinski definition) is 5. The first kappa shape index (κ1) is 14.7. The van der Waals surface area contributed by atoms with Crippen LogP contribution < -0.4 is 10.1 Å². The number of aromatic amines is 1. The normalized spacial score (nSPS) is 10.3. The summed E-state index contributed by atoms with van der Waals surface area (Å²) in [6.07, 6.45) is 0.288. The van der Waals surface area contributed by atoms with Crippen molar-refractivity contribution in [3.63, 3.8) is 0 Å². The predicted molar refractivity (Wildman–Crippen MR) is 84.9 cm³/mol. The lowest BCUT2D eigenvalue weighted by Gasteiger charge is -2.07. The van der Waals surface area contributed by atoms with Gasteiger partial charge in [-0.2, -0.15) is 5.21 Å². The van der Waals surface area contributed by atoms with Gasteiger partial charge in [-0.25, -0.2) is 0 Å². The number of carbonyl (C=O) groups excluding carboxylic acids is 1. The van der Waals surface area contributed by atoms with Crippen molar-refractivity contribution in [1.29, 1.82) is 0 Å². The molecule has 0 saturated carbocycles. The second-order valence-corrected chi connectivity index (χ2v) is 4.89.